The lowest BCUT2D eigenvalue weighted by molar-refractivity contribution is -0.121. The topological polar surface area (TPSA) is 55.1 Å². The maximum Gasteiger partial charge on any atom is 0.220 e. The molecule has 0 aliphatic rings. The molecule has 0 spiro atoms. The van der Waals surface area contributed by atoms with Gasteiger partial charge in [-0.05, 0) is 42.1 Å². The van der Waals surface area contributed by atoms with E-state index in [1.54, 1.807) is 0 Å². The Morgan fingerprint density at radius 3 is 2.65 bits per heavy atom. The molecule has 0 saturated heterocycles. The predicted octanol–water partition coefficient (Wildman–Crippen LogP) is 2.63. The molecule has 0 bridgehead atoms. The van der Waals surface area contributed by atoms with Crippen LogP contribution < -0.4 is 11.1 Å². The molecule has 0 aliphatic carbocycles. The van der Waals surface area contributed by atoms with Gasteiger partial charge in [-0.3, -0.25) is 4.79 Å². The molecule has 0 radical (unpaired) electrons. The molecule has 0 aliphatic heterocycles. The molecule has 20 heavy (non-hydrogen) atoms. The van der Waals surface area contributed by atoms with E-state index in [9.17, 15) is 4.79 Å². The first-order valence-corrected chi connectivity index (χ1v) is 7.24. The van der Waals surface area contributed by atoms with Gasteiger partial charge < -0.3 is 11.1 Å². The molecular weight excluding hydrogens is 248 g/mol. The molecule has 0 saturated carbocycles. The number of nitrogens with one attached hydrogen (secondary N) is 1. The molecule has 0 fully saturated rings. The highest BCUT2D eigenvalue weighted by Gasteiger charge is 2.02. The highest BCUT2D eigenvalue weighted by atomic mass is 16.1. The molecule has 106 valence electrons. The van der Waals surface area contributed by atoms with Crippen molar-refractivity contribution in [3.63, 3.8) is 0 Å². The average Bonchev–Trinajstić information content (AvgIpc) is 2.49. The molecule has 2 aromatic rings. The van der Waals surface area contributed by atoms with Crippen LogP contribution in [0.5, 0.6) is 0 Å². The van der Waals surface area contributed by atoms with Crippen LogP contribution >= 0.6 is 0 Å². The molecule has 0 atom stereocenters. The van der Waals surface area contributed by atoms with Crippen LogP contribution in [0.3, 0.4) is 0 Å². The number of unbranched alkanes of at least 4 members (excludes halogenated alkanes) is 1. The number of carbonyl (C=O) groups excluding carboxylic acids is 1. The molecular formula is C17H22N2O. The Labute approximate surface area is 120 Å². The van der Waals surface area contributed by atoms with E-state index in [2.05, 4.69) is 35.6 Å². The van der Waals surface area contributed by atoms with Crippen molar-refractivity contribution < 1.29 is 4.79 Å². The van der Waals surface area contributed by atoms with Gasteiger partial charge in [0.25, 0.3) is 0 Å². The van der Waals surface area contributed by atoms with Gasteiger partial charge in [0.05, 0.1) is 0 Å². The van der Waals surface area contributed by atoms with Gasteiger partial charge in [-0.2, -0.15) is 0 Å². The van der Waals surface area contributed by atoms with Crippen molar-refractivity contribution in [3.05, 3.63) is 48.0 Å². The fourth-order valence-corrected chi connectivity index (χ4v) is 2.24. The van der Waals surface area contributed by atoms with Crippen LogP contribution in [0.4, 0.5) is 0 Å². The van der Waals surface area contributed by atoms with E-state index in [-0.39, 0.29) is 5.91 Å². The predicted molar refractivity (Wildman–Crippen MR) is 83.6 cm³/mol. The Kier molecular flexibility index (Phi) is 5.56. The van der Waals surface area contributed by atoms with Crippen LogP contribution in [0.1, 0.15) is 24.8 Å². The highest BCUT2D eigenvalue weighted by Crippen LogP contribution is 2.16. The number of hydrogen-bond donors (Lipinski definition) is 2. The number of carbonyl (C=O) groups is 1. The number of amides is 1. The zero-order chi connectivity index (χ0) is 14.2. The summed E-state index contributed by atoms with van der Waals surface area (Å²) in [6.07, 6.45) is 3.25. The molecule has 0 heterocycles. The van der Waals surface area contributed by atoms with Crippen LogP contribution in [-0.4, -0.2) is 19.0 Å². The Morgan fingerprint density at radius 1 is 1.05 bits per heavy atom. The average molecular weight is 270 g/mol. The molecule has 0 aromatic heterocycles. The van der Waals surface area contributed by atoms with Crippen molar-refractivity contribution in [3.8, 4) is 0 Å². The third-order valence-electron chi connectivity index (χ3n) is 3.41. The third kappa shape index (κ3) is 4.35. The van der Waals surface area contributed by atoms with Gasteiger partial charge >= 0.3 is 0 Å². The number of hydrogen-bond acceptors (Lipinski definition) is 2. The minimum absolute atomic E-state index is 0.121. The standard InChI is InChI=1S/C17H22N2O/c18-11-3-4-12-19-17(20)10-8-14-7-9-15-5-1-2-6-16(15)13-14/h1-2,5-7,9,13H,3-4,8,10-12,18H2,(H,19,20). The van der Waals surface area contributed by atoms with Crippen molar-refractivity contribution in [1.29, 1.82) is 0 Å². The van der Waals surface area contributed by atoms with Gasteiger partial charge in [-0.1, -0.05) is 42.5 Å². The van der Waals surface area contributed by atoms with E-state index >= 15 is 0 Å². The molecule has 3 nitrogen and oxygen atoms in total. The van der Waals surface area contributed by atoms with Crippen molar-refractivity contribution in [2.24, 2.45) is 5.73 Å². The van der Waals surface area contributed by atoms with E-state index < -0.39 is 0 Å². The first-order valence-electron chi connectivity index (χ1n) is 7.24. The summed E-state index contributed by atoms with van der Waals surface area (Å²) in [4.78, 5) is 11.7. The van der Waals surface area contributed by atoms with Crippen LogP contribution in [-0.2, 0) is 11.2 Å². The molecule has 0 unspecified atom stereocenters. The van der Waals surface area contributed by atoms with E-state index in [4.69, 9.17) is 5.73 Å². The second-order valence-corrected chi connectivity index (χ2v) is 5.03. The molecule has 2 rings (SSSR count). The lowest BCUT2D eigenvalue weighted by Gasteiger charge is -2.06. The number of aryl methyl sites for hydroxylation is 1. The van der Waals surface area contributed by atoms with Crippen LogP contribution in [0.25, 0.3) is 10.8 Å². The summed E-state index contributed by atoms with van der Waals surface area (Å²) in [5.74, 6) is 0.121. The third-order valence-corrected chi connectivity index (χ3v) is 3.41. The van der Waals surface area contributed by atoms with Crippen LogP contribution in [0, 0.1) is 0 Å². The lowest BCUT2D eigenvalue weighted by atomic mass is 10.0. The highest BCUT2D eigenvalue weighted by molar-refractivity contribution is 5.83. The Balaban J connectivity index is 1.81. The maximum absolute atomic E-state index is 11.7. The summed E-state index contributed by atoms with van der Waals surface area (Å²) >= 11 is 0. The Hall–Kier alpha value is -1.87. The first kappa shape index (κ1) is 14.5. The van der Waals surface area contributed by atoms with Crippen molar-refractivity contribution >= 4 is 16.7 Å². The van der Waals surface area contributed by atoms with Gasteiger partial charge in [-0.15, -0.1) is 0 Å². The quantitative estimate of drug-likeness (QED) is 0.760. The summed E-state index contributed by atoms with van der Waals surface area (Å²) in [5, 5.41) is 5.40. The lowest BCUT2D eigenvalue weighted by Crippen LogP contribution is -2.25. The fourth-order valence-electron chi connectivity index (χ4n) is 2.24. The SMILES string of the molecule is NCCCCNC(=O)CCc1ccc2ccccc2c1. The number of benzene rings is 2. The van der Waals surface area contributed by atoms with Gasteiger partial charge in [-0.25, -0.2) is 0 Å². The summed E-state index contributed by atoms with van der Waals surface area (Å²) in [5.41, 5.74) is 6.62. The molecule has 2 aromatic carbocycles. The second-order valence-electron chi connectivity index (χ2n) is 5.03. The van der Waals surface area contributed by atoms with Crippen molar-refractivity contribution in [1.82, 2.24) is 5.32 Å². The minimum Gasteiger partial charge on any atom is -0.356 e. The van der Waals surface area contributed by atoms with Crippen LogP contribution in [0.2, 0.25) is 0 Å². The summed E-state index contributed by atoms with van der Waals surface area (Å²) in [7, 11) is 0. The summed E-state index contributed by atoms with van der Waals surface area (Å²) < 4.78 is 0. The monoisotopic (exact) mass is 270 g/mol. The van der Waals surface area contributed by atoms with Crippen LogP contribution in [0.15, 0.2) is 42.5 Å². The zero-order valence-corrected chi connectivity index (χ0v) is 11.8. The number of nitrogens with two attached hydrogens (primary N) is 1. The van der Waals surface area contributed by atoms with Crippen molar-refractivity contribution in [2.45, 2.75) is 25.7 Å². The first-order chi connectivity index (χ1) is 9.79. The fraction of sp³-hybridized carbons (Fsp3) is 0.353. The molecule has 1 amide bonds. The number of rotatable bonds is 7. The Bertz CT molecular complexity index is 566. The summed E-state index contributed by atoms with van der Waals surface area (Å²) in [6.45, 7) is 1.42. The Morgan fingerprint density at radius 2 is 1.85 bits per heavy atom. The molecule has 3 heteroatoms. The largest absolute Gasteiger partial charge is 0.356 e. The second kappa shape index (κ2) is 7.65. The van der Waals surface area contributed by atoms with Gasteiger partial charge in [0, 0.05) is 13.0 Å². The zero-order valence-electron chi connectivity index (χ0n) is 11.8. The van der Waals surface area contributed by atoms with E-state index in [0.717, 1.165) is 25.8 Å². The van der Waals surface area contributed by atoms with E-state index in [1.807, 2.05) is 12.1 Å². The smallest absolute Gasteiger partial charge is 0.220 e. The maximum atomic E-state index is 11.7. The van der Waals surface area contributed by atoms with Crippen molar-refractivity contribution in [2.75, 3.05) is 13.1 Å². The summed E-state index contributed by atoms with van der Waals surface area (Å²) in [6, 6.07) is 14.7. The minimum atomic E-state index is 0.121. The molecule has 3 N–H and O–H groups in total. The van der Waals surface area contributed by atoms with E-state index in [0.29, 0.717) is 13.0 Å². The number of fused-ring (bicyclic) bond motifs is 1. The van der Waals surface area contributed by atoms with Gasteiger partial charge in [0.15, 0.2) is 0 Å². The van der Waals surface area contributed by atoms with Gasteiger partial charge in [0.1, 0.15) is 0 Å². The normalized spacial score (nSPS) is 10.7. The van der Waals surface area contributed by atoms with Gasteiger partial charge in [0.2, 0.25) is 5.91 Å². The van der Waals surface area contributed by atoms with E-state index in [1.165, 1.54) is 16.3 Å².